The molecule has 2 radical (unpaired) electrons. The van der Waals surface area contributed by atoms with Crippen molar-refractivity contribution in [3.63, 3.8) is 0 Å². The molecule has 1 aromatic carbocycles. The van der Waals surface area contributed by atoms with Crippen LogP contribution in [0, 0.1) is 0 Å². The number of rotatable bonds is 0. The quantitative estimate of drug-likeness (QED) is 0.608. The van der Waals surface area contributed by atoms with Gasteiger partial charge in [-0.05, 0) is 12.1 Å². The molecule has 0 atom stereocenters. The lowest BCUT2D eigenvalue weighted by Gasteiger charge is -1.88. The summed E-state index contributed by atoms with van der Waals surface area (Å²) in [5, 5.41) is 2.20. The molecule has 0 unspecified atom stereocenters. The Balaban J connectivity index is 0.000000720. The second kappa shape index (κ2) is 2.98. The van der Waals surface area contributed by atoms with Crippen LogP contribution in [0.5, 0.6) is 0 Å². The van der Waals surface area contributed by atoms with E-state index in [1.165, 1.54) is 0 Å². The Morgan fingerprint density at radius 2 is 1.33 bits per heavy atom. The number of benzene rings is 1. The summed E-state index contributed by atoms with van der Waals surface area (Å²) in [4.78, 5) is 21.9. The van der Waals surface area contributed by atoms with E-state index < -0.39 is 0 Å². The molecule has 0 fully saturated rings. The van der Waals surface area contributed by atoms with Crippen molar-refractivity contribution in [3.8, 4) is 0 Å². The predicted molar refractivity (Wildman–Crippen MR) is 45.8 cm³/mol. The van der Waals surface area contributed by atoms with Crippen LogP contribution in [0.4, 0.5) is 0 Å². The maximum absolute atomic E-state index is 10.9. The molecule has 12 heavy (non-hydrogen) atoms. The molecule has 0 spiro atoms. The van der Waals surface area contributed by atoms with Gasteiger partial charge in [-0.1, -0.05) is 12.1 Å². The first kappa shape index (κ1) is 8.80. The lowest BCUT2D eigenvalue weighted by atomic mass is 10.1. The molecule has 1 aliphatic heterocycles. The summed E-state index contributed by atoms with van der Waals surface area (Å²) in [6.07, 6.45) is 0. The Bertz CT molecular complexity index is 316. The fraction of sp³-hybridized carbons (Fsp3) is 0. The van der Waals surface area contributed by atoms with Crippen LogP contribution in [0.2, 0.25) is 0 Å². The summed E-state index contributed by atoms with van der Waals surface area (Å²) in [6.45, 7) is 0. The van der Waals surface area contributed by atoms with Gasteiger partial charge >= 0.3 is 0 Å². The standard InChI is InChI=1S/C8H5NO2.S/c10-7-5-3-1-2-4-6(5)8(11)9-7;/h1-4H,(H,9,10,11);. The highest BCUT2D eigenvalue weighted by molar-refractivity contribution is 7.59. The Morgan fingerprint density at radius 3 is 1.75 bits per heavy atom. The van der Waals surface area contributed by atoms with Gasteiger partial charge in [0.1, 0.15) is 0 Å². The molecule has 0 saturated carbocycles. The molecule has 0 aliphatic carbocycles. The van der Waals surface area contributed by atoms with Crippen LogP contribution in [-0.4, -0.2) is 11.8 Å². The number of fused-ring (bicyclic) bond motifs is 1. The Labute approximate surface area is 76.2 Å². The van der Waals surface area contributed by atoms with E-state index in [9.17, 15) is 9.59 Å². The number of nitrogens with one attached hydrogen (secondary N) is 1. The average molecular weight is 179 g/mol. The molecule has 0 bridgehead atoms. The Morgan fingerprint density at radius 1 is 0.917 bits per heavy atom. The minimum Gasteiger partial charge on any atom is -0.288 e. The first-order chi connectivity index (χ1) is 5.29. The molecule has 0 saturated heterocycles. The lowest BCUT2D eigenvalue weighted by Crippen LogP contribution is -2.19. The highest BCUT2D eigenvalue weighted by Crippen LogP contribution is 2.13. The number of hydrogen-bond acceptors (Lipinski definition) is 2. The summed E-state index contributed by atoms with van der Waals surface area (Å²) in [5.41, 5.74) is 0.940. The summed E-state index contributed by atoms with van der Waals surface area (Å²) < 4.78 is 0. The lowest BCUT2D eigenvalue weighted by molar-refractivity contribution is 0.0879. The van der Waals surface area contributed by atoms with Crippen LogP contribution >= 0.6 is 13.5 Å². The molecule has 2 rings (SSSR count). The molecule has 0 aromatic heterocycles. The molecule has 1 N–H and O–H groups in total. The number of hydrogen-bond donors (Lipinski definition) is 1. The number of carbonyl (C=O) groups excluding carboxylic acids is 2. The van der Waals surface area contributed by atoms with Crippen molar-refractivity contribution >= 4 is 25.3 Å². The number of carbonyl (C=O) groups is 2. The van der Waals surface area contributed by atoms with Crippen molar-refractivity contribution in [2.24, 2.45) is 0 Å². The van der Waals surface area contributed by atoms with Gasteiger partial charge in [0.2, 0.25) is 0 Å². The Hall–Kier alpha value is -1.29. The van der Waals surface area contributed by atoms with E-state index in [-0.39, 0.29) is 25.3 Å². The first-order valence-corrected chi connectivity index (χ1v) is 3.24. The van der Waals surface area contributed by atoms with Gasteiger partial charge in [-0.25, -0.2) is 0 Å². The molecule has 1 heterocycles. The fourth-order valence-corrected chi connectivity index (χ4v) is 1.12. The summed E-state index contributed by atoms with van der Waals surface area (Å²) >= 11 is 0. The van der Waals surface area contributed by atoms with Gasteiger partial charge in [-0.2, -0.15) is 0 Å². The predicted octanol–water partition coefficient (Wildman–Crippen LogP) is 1.22. The van der Waals surface area contributed by atoms with E-state index in [4.69, 9.17) is 0 Å². The van der Waals surface area contributed by atoms with Gasteiger partial charge in [0.05, 0.1) is 11.1 Å². The third kappa shape index (κ3) is 1.10. The first-order valence-electron chi connectivity index (χ1n) is 3.24. The summed E-state index contributed by atoms with van der Waals surface area (Å²) in [5.74, 6) is -0.601. The molecular weight excluding hydrogens is 174 g/mol. The highest BCUT2D eigenvalue weighted by atomic mass is 32.1. The van der Waals surface area contributed by atoms with Crippen molar-refractivity contribution < 1.29 is 9.59 Å². The van der Waals surface area contributed by atoms with Crippen LogP contribution in [-0.2, 0) is 0 Å². The third-order valence-corrected chi connectivity index (χ3v) is 1.64. The molecule has 2 amide bonds. The van der Waals surface area contributed by atoms with Crippen molar-refractivity contribution in [1.29, 1.82) is 0 Å². The van der Waals surface area contributed by atoms with E-state index in [0.29, 0.717) is 11.1 Å². The Kier molecular flexibility index (Phi) is 2.19. The maximum atomic E-state index is 10.9. The van der Waals surface area contributed by atoms with Crippen LogP contribution < -0.4 is 5.32 Å². The van der Waals surface area contributed by atoms with Gasteiger partial charge in [-0.3, -0.25) is 14.9 Å². The molecule has 60 valence electrons. The molecule has 3 nitrogen and oxygen atoms in total. The number of imide groups is 1. The number of amides is 2. The molecule has 1 aromatic rings. The molecule has 1 aliphatic rings. The smallest absolute Gasteiger partial charge is 0.258 e. The van der Waals surface area contributed by atoms with Crippen LogP contribution in [0.1, 0.15) is 20.7 Å². The SMILES string of the molecule is O=C1NC(=O)c2ccccc21.[S]. The van der Waals surface area contributed by atoms with E-state index >= 15 is 0 Å². The van der Waals surface area contributed by atoms with Gasteiger partial charge < -0.3 is 0 Å². The largest absolute Gasteiger partial charge is 0.288 e. The minimum atomic E-state index is -0.300. The minimum absolute atomic E-state index is 0. The third-order valence-electron chi connectivity index (χ3n) is 1.64. The van der Waals surface area contributed by atoms with E-state index in [1.807, 2.05) is 0 Å². The second-order valence-electron chi connectivity index (χ2n) is 2.33. The fourth-order valence-electron chi connectivity index (χ4n) is 1.12. The monoisotopic (exact) mass is 179 g/mol. The zero-order valence-corrected chi connectivity index (χ0v) is 6.85. The topological polar surface area (TPSA) is 46.2 Å². The van der Waals surface area contributed by atoms with Crippen molar-refractivity contribution in [2.75, 3.05) is 0 Å². The average Bonchev–Trinajstić information content (AvgIpc) is 2.30. The van der Waals surface area contributed by atoms with E-state index in [2.05, 4.69) is 5.32 Å². The zero-order valence-electron chi connectivity index (χ0n) is 6.03. The summed E-state index contributed by atoms with van der Waals surface area (Å²) in [6, 6.07) is 6.74. The van der Waals surface area contributed by atoms with Crippen molar-refractivity contribution in [1.82, 2.24) is 5.32 Å². The summed E-state index contributed by atoms with van der Waals surface area (Å²) in [7, 11) is 0. The van der Waals surface area contributed by atoms with Crippen molar-refractivity contribution in [3.05, 3.63) is 35.4 Å². The maximum Gasteiger partial charge on any atom is 0.258 e. The van der Waals surface area contributed by atoms with Gasteiger partial charge in [0, 0.05) is 13.5 Å². The van der Waals surface area contributed by atoms with Gasteiger partial charge in [-0.15, -0.1) is 0 Å². The van der Waals surface area contributed by atoms with Crippen LogP contribution in [0.3, 0.4) is 0 Å². The van der Waals surface area contributed by atoms with Crippen LogP contribution in [0.15, 0.2) is 24.3 Å². The molecule has 4 heteroatoms. The van der Waals surface area contributed by atoms with E-state index in [0.717, 1.165) is 0 Å². The van der Waals surface area contributed by atoms with Crippen LogP contribution in [0.25, 0.3) is 0 Å². The second-order valence-corrected chi connectivity index (χ2v) is 2.33. The molecular formula is C8H5NO2S. The van der Waals surface area contributed by atoms with Gasteiger partial charge in [0.25, 0.3) is 11.8 Å². The normalized spacial score (nSPS) is 13.3. The zero-order chi connectivity index (χ0) is 7.84. The van der Waals surface area contributed by atoms with Gasteiger partial charge in [0.15, 0.2) is 0 Å². The van der Waals surface area contributed by atoms with E-state index in [1.54, 1.807) is 24.3 Å². The van der Waals surface area contributed by atoms with Crippen molar-refractivity contribution in [2.45, 2.75) is 0 Å². The highest BCUT2D eigenvalue weighted by Gasteiger charge is 2.25.